The van der Waals surface area contributed by atoms with Crippen molar-refractivity contribution in [2.24, 2.45) is 12.8 Å². The van der Waals surface area contributed by atoms with Gasteiger partial charge in [0.05, 0.1) is 17.3 Å². The second-order valence-electron chi connectivity index (χ2n) is 5.87. The number of fused-ring (bicyclic) bond motifs is 3. The Hall–Kier alpha value is -3.36. The van der Waals surface area contributed by atoms with E-state index in [4.69, 9.17) is 5.73 Å². The Labute approximate surface area is 144 Å². The summed E-state index contributed by atoms with van der Waals surface area (Å²) in [5, 5.41) is 5.82. The second kappa shape index (κ2) is 5.32. The number of aryl methyl sites for hydroxylation is 1. The fourth-order valence-corrected chi connectivity index (χ4v) is 2.98. The van der Waals surface area contributed by atoms with Crippen LogP contribution >= 0.6 is 0 Å². The van der Waals surface area contributed by atoms with Gasteiger partial charge < -0.3 is 5.73 Å². The molecule has 0 aliphatic heterocycles. The number of hydrogen-bond donors (Lipinski definition) is 1. The molecule has 1 amide bonds. The van der Waals surface area contributed by atoms with E-state index in [0.717, 1.165) is 17.5 Å². The van der Waals surface area contributed by atoms with E-state index in [1.165, 1.54) is 18.3 Å². The van der Waals surface area contributed by atoms with Crippen molar-refractivity contribution in [3.05, 3.63) is 54.0 Å². The van der Waals surface area contributed by atoms with Crippen molar-refractivity contribution in [1.82, 2.24) is 19.3 Å². The number of rotatable bonds is 2. The molecule has 26 heavy (non-hydrogen) atoms. The molecule has 0 radical (unpaired) electrons. The lowest BCUT2D eigenvalue weighted by molar-refractivity contribution is -0.137. The van der Waals surface area contributed by atoms with Crippen LogP contribution in [0.1, 0.15) is 16.1 Å². The maximum absolute atomic E-state index is 12.8. The Balaban J connectivity index is 2.00. The topological polar surface area (TPSA) is 78.7 Å². The lowest BCUT2D eigenvalue weighted by Crippen LogP contribution is -2.12. The minimum atomic E-state index is -4.41. The summed E-state index contributed by atoms with van der Waals surface area (Å²) in [5.74, 6) is -0.661. The molecule has 0 bridgehead atoms. The average molecular weight is 359 g/mol. The molecule has 4 rings (SSSR count). The van der Waals surface area contributed by atoms with E-state index in [9.17, 15) is 18.0 Å². The zero-order chi connectivity index (χ0) is 18.6. The summed E-state index contributed by atoms with van der Waals surface area (Å²) in [5.41, 5.74) is 6.34. The van der Waals surface area contributed by atoms with E-state index in [0.29, 0.717) is 22.2 Å². The fraction of sp³-hybridized carbons (Fsp3) is 0.118. The summed E-state index contributed by atoms with van der Waals surface area (Å²) >= 11 is 0. The number of nitrogens with two attached hydrogens (primary N) is 1. The summed E-state index contributed by atoms with van der Waals surface area (Å²) in [6, 6.07) is 6.33. The van der Waals surface area contributed by atoms with Crippen LogP contribution in [0.4, 0.5) is 13.2 Å². The molecule has 0 unspecified atom stereocenters. The first-order valence-corrected chi connectivity index (χ1v) is 7.57. The van der Waals surface area contributed by atoms with Gasteiger partial charge in [-0.3, -0.25) is 14.0 Å². The molecule has 0 spiro atoms. The maximum atomic E-state index is 12.8. The molecule has 0 saturated heterocycles. The van der Waals surface area contributed by atoms with Crippen LogP contribution in [0.5, 0.6) is 0 Å². The molecule has 0 aliphatic carbocycles. The molecule has 4 aromatic rings. The number of hydrogen-bond acceptors (Lipinski definition) is 3. The van der Waals surface area contributed by atoms with Crippen molar-refractivity contribution >= 4 is 27.8 Å². The van der Waals surface area contributed by atoms with Gasteiger partial charge in [0.25, 0.3) is 5.91 Å². The number of nitrogens with zero attached hydrogens (tertiary/aromatic N) is 4. The Morgan fingerprint density at radius 3 is 2.46 bits per heavy atom. The molecule has 0 aliphatic rings. The Morgan fingerprint density at radius 1 is 1.15 bits per heavy atom. The molecular formula is C17H12F3N5O. The van der Waals surface area contributed by atoms with Crippen molar-refractivity contribution in [3.8, 4) is 5.69 Å². The highest BCUT2D eigenvalue weighted by Crippen LogP contribution is 2.33. The van der Waals surface area contributed by atoms with Crippen LogP contribution < -0.4 is 5.73 Å². The number of halogens is 3. The summed E-state index contributed by atoms with van der Waals surface area (Å²) in [4.78, 5) is 15.5. The van der Waals surface area contributed by atoms with Crippen molar-refractivity contribution in [3.63, 3.8) is 0 Å². The first kappa shape index (κ1) is 16.1. The van der Waals surface area contributed by atoms with Crippen LogP contribution in [0.25, 0.3) is 27.6 Å². The first-order valence-electron chi connectivity index (χ1n) is 7.57. The maximum Gasteiger partial charge on any atom is 0.416 e. The van der Waals surface area contributed by atoms with Gasteiger partial charge in [0, 0.05) is 29.7 Å². The van der Waals surface area contributed by atoms with Gasteiger partial charge >= 0.3 is 6.18 Å². The van der Waals surface area contributed by atoms with Gasteiger partial charge in [0.1, 0.15) is 5.69 Å². The summed E-state index contributed by atoms with van der Waals surface area (Å²) < 4.78 is 41.7. The number of amides is 1. The third-order valence-electron chi connectivity index (χ3n) is 4.14. The number of primary amides is 1. The number of alkyl halides is 3. The van der Waals surface area contributed by atoms with E-state index < -0.39 is 17.6 Å². The Kier molecular flexibility index (Phi) is 3.30. The van der Waals surface area contributed by atoms with Gasteiger partial charge in [-0.1, -0.05) is 0 Å². The van der Waals surface area contributed by atoms with Crippen molar-refractivity contribution in [2.45, 2.75) is 6.18 Å². The smallest absolute Gasteiger partial charge is 0.364 e. The van der Waals surface area contributed by atoms with Crippen molar-refractivity contribution in [1.29, 1.82) is 0 Å². The predicted molar refractivity (Wildman–Crippen MR) is 88.9 cm³/mol. The summed E-state index contributed by atoms with van der Waals surface area (Å²) in [6.07, 6.45) is -1.17. The van der Waals surface area contributed by atoms with E-state index in [-0.39, 0.29) is 5.69 Å². The third kappa shape index (κ3) is 2.40. The van der Waals surface area contributed by atoms with Crippen LogP contribution in [0.3, 0.4) is 0 Å². The lowest BCUT2D eigenvalue weighted by atomic mass is 10.2. The highest BCUT2D eigenvalue weighted by Gasteiger charge is 2.30. The Morgan fingerprint density at radius 2 is 1.85 bits per heavy atom. The number of aromatic nitrogens is 4. The van der Waals surface area contributed by atoms with Gasteiger partial charge in [0.15, 0.2) is 5.65 Å². The predicted octanol–water partition coefficient (Wildman–Crippen LogP) is 3.03. The lowest BCUT2D eigenvalue weighted by Gasteiger charge is -2.10. The van der Waals surface area contributed by atoms with Gasteiger partial charge in [-0.25, -0.2) is 4.98 Å². The highest BCUT2D eigenvalue weighted by molar-refractivity contribution is 6.09. The van der Waals surface area contributed by atoms with Crippen LogP contribution in [0.15, 0.2) is 42.7 Å². The minimum Gasteiger partial charge on any atom is -0.364 e. The molecule has 1 aromatic carbocycles. The van der Waals surface area contributed by atoms with Crippen LogP contribution in [0, 0.1) is 0 Å². The quantitative estimate of drug-likeness (QED) is 0.597. The molecule has 3 aromatic heterocycles. The number of pyridine rings is 1. The number of carbonyl (C=O) groups is 1. The second-order valence-corrected chi connectivity index (χ2v) is 5.87. The summed E-state index contributed by atoms with van der Waals surface area (Å²) in [7, 11) is 1.74. The molecule has 3 heterocycles. The van der Waals surface area contributed by atoms with Crippen LogP contribution in [0.2, 0.25) is 0 Å². The van der Waals surface area contributed by atoms with Crippen LogP contribution in [-0.4, -0.2) is 25.2 Å². The van der Waals surface area contributed by atoms with Gasteiger partial charge in [-0.2, -0.15) is 18.3 Å². The Bertz CT molecular complexity index is 1160. The number of carbonyl (C=O) groups excluding carboxylic acids is 1. The normalized spacial score (nSPS) is 12.2. The highest BCUT2D eigenvalue weighted by atomic mass is 19.4. The van der Waals surface area contributed by atoms with Crippen LogP contribution in [-0.2, 0) is 13.2 Å². The van der Waals surface area contributed by atoms with E-state index in [1.807, 2.05) is 0 Å². The molecule has 9 heteroatoms. The zero-order valence-corrected chi connectivity index (χ0v) is 13.4. The van der Waals surface area contributed by atoms with Gasteiger partial charge in [0.2, 0.25) is 0 Å². The van der Waals surface area contributed by atoms with E-state index in [2.05, 4.69) is 10.1 Å². The van der Waals surface area contributed by atoms with Crippen molar-refractivity contribution < 1.29 is 18.0 Å². The molecule has 6 nitrogen and oxygen atoms in total. The summed E-state index contributed by atoms with van der Waals surface area (Å²) in [6.45, 7) is 0. The fourth-order valence-electron chi connectivity index (χ4n) is 2.98. The molecular weight excluding hydrogens is 347 g/mol. The van der Waals surface area contributed by atoms with Crippen molar-refractivity contribution in [2.75, 3.05) is 0 Å². The largest absolute Gasteiger partial charge is 0.416 e. The monoisotopic (exact) mass is 359 g/mol. The first-order chi connectivity index (χ1) is 12.3. The SMILES string of the molecule is Cn1cc2c3cc(C(N)=O)ncc3n(-c3ccc(C(F)(F)F)cc3)c2n1. The van der Waals surface area contributed by atoms with Gasteiger partial charge in [-0.05, 0) is 30.3 Å². The van der Waals surface area contributed by atoms with E-state index in [1.54, 1.807) is 28.6 Å². The zero-order valence-electron chi connectivity index (χ0n) is 13.4. The van der Waals surface area contributed by atoms with E-state index >= 15 is 0 Å². The molecule has 0 atom stereocenters. The average Bonchev–Trinajstić information content (AvgIpc) is 3.08. The third-order valence-corrected chi connectivity index (χ3v) is 4.14. The minimum absolute atomic E-state index is 0.104. The molecule has 132 valence electrons. The van der Waals surface area contributed by atoms with Gasteiger partial charge in [-0.15, -0.1) is 0 Å². The molecule has 0 saturated carbocycles. The standard InChI is InChI=1S/C17H12F3N5O/c1-24-8-12-11-6-13(15(21)26)22-7-14(11)25(16(12)23-24)10-4-2-9(3-5-10)17(18,19)20/h2-8H,1H3,(H2,21,26). The molecule has 2 N–H and O–H groups in total. The number of benzene rings is 1. The molecule has 0 fully saturated rings.